The predicted octanol–water partition coefficient (Wildman–Crippen LogP) is 5.84. The van der Waals surface area contributed by atoms with Gasteiger partial charge in [0.05, 0.1) is 19.6 Å². The fourth-order valence-electron chi connectivity index (χ4n) is 6.80. The number of likely N-dealkylation sites (N-methyl/N-ethyl adjacent to an activating group) is 1. The standard InChI is InChI=1S/C34H36IN3O7S2/c1-7-38-27-16-14-23-24(18-22(46(40,41)42)19-28(23)47(43,44)45)32(27)34(4,5)30(38)12-10-8-9-11-29-33(2,3)25-17-21(36-31(39)20-35)13-15-26(25)37(29)6/h8-19H,7,20H2,1-6H3,(H2-,36,39,40,41,42,43,44,45)/p-1. The summed E-state index contributed by atoms with van der Waals surface area (Å²) in [5, 5.41) is 3.22. The van der Waals surface area contributed by atoms with Gasteiger partial charge in [0.15, 0.2) is 5.71 Å². The number of hydrogen-bond donors (Lipinski definition) is 1. The maximum Gasteiger partial charge on any atom is 0.234 e. The number of benzene rings is 3. The van der Waals surface area contributed by atoms with Gasteiger partial charge in [0.25, 0.3) is 0 Å². The molecule has 5 rings (SSSR count). The van der Waals surface area contributed by atoms with Crippen LogP contribution in [0.1, 0.15) is 45.7 Å². The van der Waals surface area contributed by atoms with Gasteiger partial charge in [0.1, 0.15) is 27.3 Å². The number of nitrogens with one attached hydrogen (secondary N) is 1. The Labute approximate surface area is 289 Å². The van der Waals surface area contributed by atoms with Gasteiger partial charge in [-0.3, -0.25) is 4.79 Å². The van der Waals surface area contributed by atoms with Crippen LogP contribution in [0.15, 0.2) is 88.3 Å². The monoisotopic (exact) mass is 788 g/mol. The van der Waals surface area contributed by atoms with E-state index in [0.717, 1.165) is 40.1 Å². The van der Waals surface area contributed by atoms with Crippen molar-refractivity contribution in [2.24, 2.45) is 0 Å². The van der Waals surface area contributed by atoms with Crippen LogP contribution in [-0.2, 0) is 35.9 Å². The molecule has 248 valence electrons. The van der Waals surface area contributed by atoms with Crippen molar-refractivity contribution in [1.29, 1.82) is 0 Å². The number of allylic oxidation sites excluding steroid dienone is 6. The molecule has 3 aromatic rings. The van der Waals surface area contributed by atoms with Crippen molar-refractivity contribution >= 4 is 82.3 Å². The number of rotatable bonds is 8. The molecule has 10 nitrogen and oxygen atoms in total. The van der Waals surface area contributed by atoms with Gasteiger partial charge in [0.2, 0.25) is 11.6 Å². The second-order valence-electron chi connectivity index (χ2n) is 12.5. The molecule has 13 heteroatoms. The van der Waals surface area contributed by atoms with E-state index < -0.39 is 35.4 Å². The second kappa shape index (κ2) is 12.3. The average molecular weight is 789 g/mol. The number of amides is 1. The first-order valence-corrected chi connectivity index (χ1v) is 19.2. The van der Waals surface area contributed by atoms with E-state index in [2.05, 4.69) is 23.7 Å². The lowest BCUT2D eigenvalue weighted by molar-refractivity contribution is -0.401. The molecule has 0 unspecified atom stereocenters. The Balaban J connectivity index is 1.51. The van der Waals surface area contributed by atoms with Crippen LogP contribution in [-0.4, -0.2) is 60.2 Å². The van der Waals surface area contributed by atoms with Crippen LogP contribution in [0.25, 0.3) is 10.8 Å². The Hall–Kier alpha value is -3.37. The summed E-state index contributed by atoms with van der Waals surface area (Å²) in [6.07, 6.45) is 9.76. The number of hydrogen-bond acceptors (Lipinski definition) is 8. The van der Waals surface area contributed by atoms with Gasteiger partial charge < -0.3 is 19.3 Å². The number of halogens is 1. The first kappa shape index (κ1) is 35.0. The molecule has 0 bridgehead atoms. The summed E-state index contributed by atoms with van der Waals surface area (Å²) in [6, 6.07) is 10.9. The van der Waals surface area contributed by atoms with Crippen molar-refractivity contribution in [2.45, 2.75) is 55.2 Å². The Morgan fingerprint density at radius 2 is 1.64 bits per heavy atom. The average Bonchev–Trinajstić information content (AvgIpc) is 3.32. The lowest BCUT2D eigenvalue weighted by Gasteiger charge is -2.26. The molecule has 0 saturated carbocycles. The normalized spacial score (nSPS) is 18.1. The van der Waals surface area contributed by atoms with E-state index in [1.54, 1.807) is 6.07 Å². The number of fused-ring (bicyclic) bond motifs is 4. The molecule has 0 atom stereocenters. The molecule has 2 heterocycles. The van der Waals surface area contributed by atoms with Crippen LogP contribution in [0.2, 0.25) is 0 Å². The Morgan fingerprint density at radius 3 is 2.26 bits per heavy atom. The summed E-state index contributed by atoms with van der Waals surface area (Å²) in [5.74, 6) is -0.0539. The number of anilines is 2. The molecule has 0 aliphatic carbocycles. The zero-order valence-corrected chi connectivity index (χ0v) is 30.6. The molecule has 0 aromatic heterocycles. The van der Waals surface area contributed by atoms with Gasteiger partial charge in [-0.25, -0.2) is 16.8 Å². The largest absolute Gasteiger partial charge is 0.744 e. The van der Waals surface area contributed by atoms with E-state index in [1.165, 1.54) is 6.07 Å². The summed E-state index contributed by atoms with van der Waals surface area (Å²) < 4.78 is 74.9. The van der Waals surface area contributed by atoms with Gasteiger partial charge in [-0.15, -0.1) is 0 Å². The first-order valence-electron chi connectivity index (χ1n) is 14.8. The summed E-state index contributed by atoms with van der Waals surface area (Å²) in [4.78, 5) is 12.5. The maximum absolute atomic E-state index is 12.2. The molecule has 2 aliphatic heterocycles. The van der Waals surface area contributed by atoms with Crippen molar-refractivity contribution < 1.29 is 35.3 Å². The molecule has 0 saturated heterocycles. The second-order valence-corrected chi connectivity index (χ2v) is 16.0. The Bertz CT molecular complexity index is 2180. The summed E-state index contributed by atoms with van der Waals surface area (Å²) in [6.45, 7) is 10.7. The number of carbonyl (C=O) groups excluding carboxylic acids is 1. The lowest BCUT2D eigenvalue weighted by Crippen LogP contribution is -2.26. The van der Waals surface area contributed by atoms with Crippen molar-refractivity contribution in [1.82, 2.24) is 0 Å². The van der Waals surface area contributed by atoms with E-state index in [4.69, 9.17) is 0 Å². The SMILES string of the molecule is CCN1C(=CC=CC=CC2=[N+](C)c3ccc(NC(=O)CI)cc3C2(C)C)C(C)(C)c2c1ccc1c(S(=O)(=O)[O-])cc(S(=O)(=O)[O-])cc21. The highest BCUT2D eigenvalue weighted by atomic mass is 127. The Morgan fingerprint density at radius 1 is 0.936 bits per heavy atom. The molecule has 47 heavy (non-hydrogen) atoms. The van der Waals surface area contributed by atoms with Gasteiger partial charge in [-0.05, 0) is 73.5 Å². The highest BCUT2D eigenvalue weighted by molar-refractivity contribution is 14.1. The van der Waals surface area contributed by atoms with E-state index in [1.807, 2.05) is 104 Å². The van der Waals surface area contributed by atoms with Crippen molar-refractivity contribution in [3.8, 4) is 0 Å². The van der Waals surface area contributed by atoms with Gasteiger partial charge in [-0.2, -0.15) is 4.58 Å². The minimum atomic E-state index is -5.09. The highest BCUT2D eigenvalue weighted by Crippen LogP contribution is 2.51. The number of carbonyl (C=O) groups is 1. The minimum Gasteiger partial charge on any atom is -0.744 e. The van der Waals surface area contributed by atoms with Gasteiger partial charge in [-0.1, -0.05) is 60.7 Å². The third-order valence-corrected chi connectivity index (χ3v) is 11.3. The summed E-state index contributed by atoms with van der Waals surface area (Å²) in [5.41, 5.74) is 5.15. The van der Waals surface area contributed by atoms with Gasteiger partial charge >= 0.3 is 0 Å². The molecular weight excluding hydrogens is 753 g/mol. The lowest BCUT2D eigenvalue weighted by atomic mass is 9.81. The van der Waals surface area contributed by atoms with Crippen LogP contribution < -0.4 is 10.2 Å². The van der Waals surface area contributed by atoms with Crippen molar-refractivity contribution in [3.05, 3.63) is 89.7 Å². The van der Waals surface area contributed by atoms with E-state index in [0.29, 0.717) is 22.6 Å². The molecule has 3 aromatic carbocycles. The number of nitrogens with zero attached hydrogens (tertiary/aromatic N) is 2. The van der Waals surface area contributed by atoms with Gasteiger partial charge in [0, 0.05) is 46.7 Å². The van der Waals surface area contributed by atoms with Crippen LogP contribution >= 0.6 is 22.6 Å². The molecule has 1 amide bonds. The van der Waals surface area contributed by atoms with E-state index >= 15 is 0 Å². The van der Waals surface area contributed by atoms with Crippen LogP contribution in [0.3, 0.4) is 0 Å². The Kier molecular flexibility index (Phi) is 9.12. The fourth-order valence-corrected chi connectivity index (χ4v) is 8.31. The summed E-state index contributed by atoms with van der Waals surface area (Å²) >= 11 is 2.03. The zero-order valence-electron chi connectivity index (χ0n) is 26.8. The topological polar surface area (TPSA) is 150 Å². The van der Waals surface area contributed by atoms with Crippen LogP contribution in [0.5, 0.6) is 0 Å². The smallest absolute Gasteiger partial charge is 0.234 e. The molecule has 2 aliphatic rings. The van der Waals surface area contributed by atoms with Crippen LogP contribution in [0, 0.1) is 0 Å². The number of alkyl halides is 1. The third kappa shape index (κ3) is 6.19. The molecular formula is C34H35IN3O7S2-. The quantitative estimate of drug-likeness (QED) is 0.0984. The van der Waals surface area contributed by atoms with Crippen molar-refractivity contribution in [2.75, 3.05) is 28.2 Å². The molecule has 0 radical (unpaired) electrons. The van der Waals surface area contributed by atoms with Crippen molar-refractivity contribution in [3.63, 3.8) is 0 Å². The predicted molar refractivity (Wildman–Crippen MR) is 190 cm³/mol. The third-order valence-electron chi connectivity index (χ3n) is 8.94. The zero-order chi connectivity index (χ0) is 34.7. The highest BCUT2D eigenvalue weighted by Gasteiger charge is 2.43. The molecule has 0 spiro atoms. The maximum atomic E-state index is 12.2. The molecule has 1 N–H and O–H groups in total. The molecule has 0 fully saturated rings. The van der Waals surface area contributed by atoms with Crippen LogP contribution in [0.4, 0.5) is 17.1 Å². The fraction of sp³-hybridized carbons (Fsp3) is 0.294. The minimum absolute atomic E-state index is 0.0539. The van der Waals surface area contributed by atoms with E-state index in [-0.39, 0.29) is 22.1 Å². The summed E-state index contributed by atoms with van der Waals surface area (Å²) in [7, 11) is -8.13. The first-order chi connectivity index (χ1) is 21.8. The van der Waals surface area contributed by atoms with E-state index in [9.17, 15) is 30.7 Å².